The summed E-state index contributed by atoms with van der Waals surface area (Å²) in [5.74, 6) is -1.30. The van der Waals surface area contributed by atoms with E-state index in [-0.39, 0.29) is 0 Å². The van der Waals surface area contributed by atoms with E-state index in [1.54, 1.807) is 12.1 Å². The second kappa shape index (κ2) is 5.87. The van der Waals surface area contributed by atoms with E-state index in [9.17, 15) is 8.78 Å². The van der Waals surface area contributed by atoms with Crippen molar-refractivity contribution >= 4 is 35.0 Å². The molecule has 1 aromatic carbocycles. The van der Waals surface area contributed by atoms with E-state index in [2.05, 4.69) is 4.98 Å². The zero-order valence-electron chi connectivity index (χ0n) is 8.96. The topological polar surface area (TPSA) is 12.9 Å². The SMILES string of the molecule is Fc1ccc(SCc2nc(Cl)ccc2Cl)cc1F. The molecular formula is C12H7Cl2F2NS. The maximum absolute atomic E-state index is 13.0. The molecule has 0 saturated heterocycles. The fourth-order valence-electron chi connectivity index (χ4n) is 1.28. The molecule has 0 aliphatic carbocycles. The fourth-order valence-corrected chi connectivity index (χ4v) is 2.57. The number of hydrogen-bond donors (Lipinski definition) is 0. The van der Waals surface area contributed by atoms with Gasteiger partial charge in [0, 0.05) is 10.6 Å². The van der Waals surface area contributed by atoms with Crippen molar-refractivity contribution in [3.05, 3.63) is 57.8 Å². The van der Waals surface area contributed by atoms with Gasteiger partial charge in [0.05, 0.1) is 10.7 Å². The van der Waals surface area contributed by atoms with Crippen LogP contribution in [0.25, 0.3) is 0 Å². The molecule has 0 atom stereocenters. The molecule has 1 nitrogen and oxygen atoms in total. The normalized spacial score (nSPS) is 10.7. The van der Waals surface area contributed by atoms with Gasteiger partial charge >= 0.3 is 0 Å². The van der Waals surface area contributed by atoms with Crippen molar-refractivity contribution < 1.29 is 8.78 Å². The summed E-state index contributed by atoms with van der Waals surface area (Å²) >= 11 is 13.0. The number of halogens is 4. The van der Waals surface area contributed by atoms with E-state index >= 15 is 0 Å². The summed E-state index contributed by atoms with van der Waals surface area (Å²) < 4.78 is 25.7. The van der Waals surface area contributed by atoms with Crippen LogP contribution in [0, 0.1) is 11.6 Å². The average molecular weight is 306 g/mol. The quantitative estimate of drug-likeness (QED) is 0.587. The number of rotatable bonds is 3. The van der Waals surface area contributed by atoms with E-state index in [4.69, 9.17) is 23.2 Å². The molecule has 0 fully saturated rings. The third-order valence-electron chi connectivity index (χ3n) is 2.15. The summed E-state index contributed by atoms with van der Waals surface area (Å²) in [6, 6.07) is 6.97. The first-order valence-corrected chi connectivity index (χ1v) is 6.69. The van der Waals surface area contributed by atoms with Crippen molar-refractivity contribution in [2.75, 3.05) is 0 Å². The second-order valence-corrected chi connectivity index (χ2v) is 5.27. The third kappa shape index (κ3) is 3.34. The van der Waals surface area contributed by atoms with Gasteiger partial charge in [0.1, 0.15) is 5.15 Å². The number of pyridine rings is 1. The van der Waals surface area contributed by atoms with Crippen LogP contribution in [-0.2, 0) is 5.75 Å². The van der Waals surface area contributed by atoms with Gasteiger partial charge in [-0.3, -0.25) is 0 Å². The van der Waals surface area contributed by atoms with E-state index in [1.807, 2.05) is 0 Å². The van der Waals surface area contributed by atoms with E-state index in [0.29, 0.717) is 26.5 Å². The number of aromatic nitrogens is 1. The lowest BCUT2D eigenvalue weighted by molar-refractivity contribution is 0.506. The molecule has 18 heavy (non-hydrogen) atoms. The number of benzene rings is 1. The molecule has 6 heteroatoms. The lowest BCUT2D eigenvalue weighted by Crippen LogP contribution is -1.90. The van der Waals surface area contributed by atoms with Crippen LogP contribution in [0.4, 0.5) is 8.78 Å². The van der Waals surface area contributed by atoms with Crippen LogP contribution in [0.5, 0.6) is 0 Å². The molecule has 1 heterocycles. The van der Waals surface area contributed by atoms with Gasteiger partial charge in [-0.1, -0.05) is 23.2 Å². The van der Waals surface area contributed by atoms with Gasteiger partial charge in [-0.2, -0.15) is 0 Å². The van der Waals surface area contributed by atoms with E-state index < -0.39 is 11.6 Å². The molecule has 94 valence electrons. The van der Waals surface area contributed by atoms with E-state index in [1.165, 1.54) is 17.8 Å². The molecule has 1 aromatic heterocycles. The molecule has 0 radical (unpaired) electrons. The van der Waals surface area contributed by atoms with Gasteiger partial charge in [0.25, 0.3) is 0 Å². The van der Waals surface area contributed by atoms with Crippen LogP contribution < -0.4 is 0 Å². The van der Waals surface area contributed by atoms with Gasteiger partial charge < -0.3 is 0 Å². The van der Waals surface area contributed by atoms with Crippen molar-refractivity contribution in [2.24, 2.45) is 0 Å². The Morgan fingerprint density at radius 1 is 1.06 bits per heavy atom. The summed E-state index contributed by atoms with van der Waals surface area (Å²) in [7, 11) is 0. The van der Waals surface area contributed by atoms with Crippen LogP contribution in [0.1, 0.15) is 5.69 Å². The molecule has 0 amide bonds. The first kappa shape index (κ1) is 13.6. The van der Waals surface area contributed by atoms with Gasteiger partial charge in [0.2, 0.25) is 0 Å². The van der Waals surface area contributed by atoms with Crippen molar-refractivity contribution in [2.45, 2.75) is 10.6 Å². The standard InChI is InChI=1S/C12H7Cl2F2NS/c13-8-2-4-12(14)17-11(8)6-18-7-1-3-9(15)10(16)5-7/h1-5H,6H2. The lowest BCUT2D eigenvalue weighted by Gasteiger charge is -2.04. The van der Waals surface area contributed by atoms with Crippen LogP contribution in [-0.4, -0.2) is 4.98 Å². The number of hydrogen-bond acceptors (Lipinski definition) is 2. The first-order chi connectivity index (χ1) is 8.56. The smallest absolute Gasteiger partial charge is 0.159 e. The van der Waals surface area contributed by atoms with Crippen molar-refractivity contribution in [3.63, 3.8) is 0 Å². The van der Waals surface area contributed by atoms with Gasteiger partial charge in [-0.05, 0) is 30.3 Å². The van der Waals surface area contributed by atoms with Crippen LogP contribution >= 0.6 is 35.0 Å². The summed E-state index contributed by atoms with van der Waals surface area (Å²) in [5.41, 5.74) is 0.610. The number of nitrogens with zero attached hydrogens (tertiary/aromatic N) is 1. The highest BCUT2D eigenvalue weighted by Crippen LogP contribution is 2.27. The molecule has 0 aliphatic rings. The highest BCUT2D eigenvalue weighted by molar-refractivity contribution is 7.98. The summed E-state index contributed by atoms with van der Waals surface area (Å²) in [4.78, 5) is 4.68. The molecule has 0 spiro atoms. The Morgan fingerprint density at radius 2 is 1.83 bits per heavy atom. The largest absolute Gasteiger partial charge is 0.239 e. The Balaban J connectivity index is 2.11. The third-order valence-corrected chi connectivity index (χ3v) is 3.71. The Labute approximate surface area is 117 Å². The minimum absolute atomic E-state index is 0.347. The monoisotopic (exact) mass is 305 g/mol. The molecular weight excluding hydrogens is 299 g/mol. The van der Waals surface area contributed by atoms with Crippen molar-refractivity contribution in [1.82, 2.24) is 4.98 Å². The predicted octanol–water partition coefficient (Wildman–Crippen LogP) is 4.96. The zero-order chi connectivity index (χ0) is 13.1. The maximum atomic E-state index is 13.0. The molecule has 0 bridgehead atoms. The fraction of sp³-hybridized carbons (Fsp3) is 0.0833. The molecule has 0 aliphatic heterocycles. The van der Waals surface area contributed by atoms with E-state index in [0.717, 1.165) is 12.1 Å². The summed E-state index contributed by atoms with van der Waals surface area (Å²) in [5, 5.41) is 0.842. The van der Waals surface area contributed by atoms with Crippen molar-refractivity contribution in [1.29, 1.82) is 0 Å². The van der Waals surface area contributed by atoms with Crippen molar-refractivity contribution in [3.8, 4) is 0 Å². The second-order valence-electron chi connectivity index (χ2n) is 3.43. The van der Waals surface area contributed by atoms with Crippen LogP contribution in [0.15, 0.2) is 35.2 Å². The zero-order valence-corrected chi connectivity index (χ0v) is 11.3. The Hall–Kier alpha value is -0.840. The Bertz CT molecular complexity index is 578. The Morgan fingerprint density at radius 3 is 2.56 bits per heavy atom. The predicted molar refractivity (Wildman–Crippen MR) is 70.2 cm³/mol. The highest BCUT2D eigenvalue weighted by Gasteiger charge is 2.06. The van der Waals surface area contributed by atoms with Gasteiger partial charge in [-0.25, -0.2) is 13.8 Å². The number of thioether (sulfide) groups is 1. The van der Waals surface area contributed by atoms with Gasteiger partial charge in [0.15, 0.2) is 11.6 Å². The summed E-state index contributed by atoms with van der Waals surface area (Å²) in [6.07, 6.45) is 0. The summed E-state index contributed by atoms with van der Waals surface area (Å²) in [6.45, 7) is 0. The van der Waals surface area contributed by atoms with Crippen LogP contribution in [0.3, 0.4) is 0 Å². The highest BCUT2D eigenvalue weighted by atomic mass is 35.5. The molecule has 2 aromatic rings. The molecule has 2 rings (SSSR count). The molecule has 0 N–H and O–H groups in total. The maximum Gasteiger partial charge on any atom is 0.159 e. The van der Waals surface area contributed by atoms with Gasteiger partial charge in [-0.15, -0.1) is 11.8 Å². The first-order valence-electron chi connectivity index (χ1n) is 4.95. The Kier molecular flexibility index (Phi) is 4.43. The average Bonchev–Trinajstić information content (AvgIpc) is 2.34. The minimum atomic E-state index is -0.870. The minimum Gasteiger partial charge on any atom is -0.239 e. The molecule has 0 saturated carbocycles. The lowest BCUT2D eigenvalue weighted by atomic mass is 10.3. The van der Waals surface area contributed by atoms with Crippen LogP contribution in [0.2, 0.25) is 10.2 Å². The molecule has 0 unspecified atom stereocenters.